The highest BCUT2D eigenvalue weighted by Crippen LogP contribution is 2.09. The molecule has 0 saturated heterocycles. The Kier molecular flexibility index (Phi) is 4.11. The Balaban J connectivity index is 2.06. The van der Waals surface area contributed by atoms with E-state index < -0.39 is 0 Å². The molecule has 0 amide bonds. The highest BCUT2D eigenvalue weighted by atomic mass is 16.2. The molecule has 0 aromatic heterocycles. The summed E-state index contributed by atoms with van der Waals surface area (Å²) in [6.45, 7) is 0.208. The fourth-order valence-corrected chi connectivity index (χ4v) is 1.68. The van der Waals surface area contributed by atoms with E-state index in [0.717, 1.165) is 6.42 Å². The molecule has 17 heavy (non-hydrogen) atoms. The molecule has 2 aromatic rings. The van der Waals surface area contributed by atoms with Crippen LogP contribution in [0.5, 0.6) is 0 Å². The predicted molar refractivity (Wildman–Crippen MR) is 72.6 cm³/mol. The minimum Gasteiger partial charge on any atom is -0.396 e. The van der Waals surface area contributed by atoms with Gasteiger partial charge in [0.2, 0.25) is 0 Å². The Morgan fingerprint density at radius 1 is 0.765 bits per heavy atom. The van der Waals surface area contributed by atoms with E-state index in [2.05, 4.69) is 48.6 Å². The summed E-state index contributed by atoms with van der Waals surface area (Å²) in [5.74, 6) is 0. The van der Waals surface area contributed by atoms with Gasteiger partial charge >= 0.3 is 0 Å². The van der Waals surface area contributed by atoms with E-state index in [4.69, 9.17) is 5.11 Å². The summed E-state index contributed by atoms with van der Waals surface area (Å²) in [4.78, 5) is 0. The van der Waals surface area contributed by atoms with Crippen LogP contribution in [0.2, 0.25) is 0 Å². The predicted octanol–water partition coefficient (Wildman–Crippen LogP) is 3.39. The zero-order valence-electron chi connectivity index (χ0n) is 9.71. The van der Waals surface area contributed by atoms with Gasteiger partial charge in [-0.25, -0.2) is 0 Å². The lowest BCUT2D eigenvalue weighted by molar-refractivity contribution is 0.299. The Bertz CT molecular complexity index is 469. The lowest BCUT2D eigenvalue weighted by atomic mass is 10.1. The average Bonchev–Trinajstić information content (AvgIpc) is 2.40. The molecule has 1 heteroatoms. The number of aliphatic hydroxyl groups is 1. The molecule has 86 valence electrons. The minimum atomic E-state index is 0.208. The van der Waals surface area contributed by atoms with Gasteiger partial charge in [-0.15, -0.1) is 0 Å². The summed E-state index contributed by atoms with van der Waals surface area (Å²) < 4.78 is 0. The van der Waals surface area contributed by atoms with Gasteiger partial charge < -0.3 is 5.11 Å². The fourth-order valence-electron chi connectivity index (χ4n) is 1.68. The van der Waals surface area contributed by atoms with Crippen molar-refractivity contribution in [3.05, 3.63) is 71.3 Å². The summed E-state index contributed by atoms with van der Waals surface area (Å²) >= 11 is 0. The van der Waals surface area contributed by atoms with Gasteiger partial charge in [0.1, 0.15) is 0 Å². The van der Waals surface area contributed by atoms with Gasteiger partial charge in [0.25, 0.3) is 0 Å². The van der Waals surface area contributed by atoms with Crippen LogP contribution < -0.4 is 0 Å². The van der Waals surface area contributed by atoms with Crippen molar-refractivity contribution in [1.29, 1.82) is 0 Å². The third kappa shape index (κ3) is 3.58. The Morgan fingerprint density at radius 3 is 1.94 bits per heavy atom. The third-order valence-electron chi connectivity index (χ3n) is 2.65. The minimum absolute atomic E-state index is 0.208. The summed E-state index contributed by atoms with van der Waals surface area (Å²) in [5, 5.41) is 8.83. The fraction of sp³-hybridized carbons (Fsp3) is 0.125. The molecule has 0 fully saturated rings. The first-order chi connectivity index (χ1) is 8.38. The van der Waals surface area contributed by atoms with Gasteiger partial charge in [-0.1, -0.05) is 66.7 Å². The molecule has 1 nitrogen and oxygen atoms in total. The first kappa shape index (κ1) is 11.6. The second-order valence-electron chi connectivity index (χ2n) is 3.96. The molecular formula is C16H16O. The maximum atomic E-state index is 8.83. The van der Waals surface area contributed by atoms with E-state index >= 15 is 0 Å². The van der Waals surface area contributed by atoms with Crippen LogP contribution in [0.1, 0.15) is 16.7 Å². The van der Waals surface area contributed by atoms with Crippen molar-refractivity contribution < 1.29 is 5.11 Å². The van der Waals surface area contributed by atoms with Crippen molar-refractivity contribution in [2.45, 2.75) is 6.42 Å². The molecule has 0 aliphatic heterocycles. The SMILES string of the molecule is OCCc1ccc(C=Cc2ccccc2)cc1. The summed E-state index contributed by atoms with van der Waals surface area (Å²) in [6.07, 6.45) is 4.92. The second kappa shape index (κ2) is 6.02. The van der Waals surface area contributed by atoms with E-state index in [1.807, 2.05) is 18.2 Å². The maximum Gasteiger partial charge on any atom is 0.0471 e. The molecular weight excluding hydrogens is 208 g/mol. The van der Waals surface area contributed by atoms with E-state index in [0.29, 0.717) is 0 Å². The van der Waals surface area contributed by atoms with Crippen molar-refractivity contribution in [2.75, 3.05) is 6.61 Å². The van der Waals surface area contributed by atoms with Gasteiger partial charge in [0.05, 0.1) is 0 Å². The molecule has 0 bridgehead atoms. The van der Waals surface area contributed by atoms with Crippen molar-refractivity contribution in [3.63, 3.8) is 0 Å². The monoisotopic (exact) mass is 224 g/mol. The topological polar surface area (TPSA) is 20.2 Å². The van der Waals surface area contributed by atoms with Crippen molar-refractivity contribution >= 4 is 12.2 Å². The number of aliphatic hydroxyl groups excluding tert-OH is 1. The van der Waals surface area contributed by atoms with Crippen LogP contribution in [0.15, 0.2) is 54.6 Å². The molecule has 1 N–H and O–H groups in total. The average molecular weight is 224 g/mol. The van der Waals surface area contributed by atoms with E-state index in [9.17, 15) is 0 Å². The molecule has 0 spiro atoms. The largest absolute Gasteiger partial charge is 0.396 e. The van der Waals surface area contributed by atoms with Gasteiger partial charge in [-0.2, -0.15) is 0 Å². The summed E-state index contributed by atoms with van der Waals surface area (Å²) in [6, 6.07) is 18.5. The van der Waals surface area contributed by atoms with Crippen LogP contribution in [-0.2, 0) is 6.42 Å². The van der Waals surface area contributed by atoms with Crippen LogP contribution in [0.4, 0.5) is 0 Å². The number of benzene rings is 2. The van der Waals surface area contributed by atoms with Crippen LogP contribution >= 0.6 is 0 Å². The second-order valence-corrected chi connectivity index (χ2v) is 3.96. The van der Waals surface area contributed by atoms with Crippen molar-refractivity contribution in [1.82, 2.24) is 0 Å². The third-order valence-corrected chi connectivity index (χ3v) is 2.65. The standard InChI is InChI=1S/C16H16O/c17-13-12-16-10-8-15(9-11-16)7-6-14-4-2-1-3-5-14/h1-11,17H,12-13H2. The van der Waals surface area contributed by atoms with Crippen LogP contribution in [0.3, 0.4) is 0 Å². The Labute approximate surface area is 102 Å². The number of hydrogen-bond acceptors (Lipinski definition) is 1. The Hall–Kier alpha value is -1.86. The number of hydrogen-bond donors (Lipinski definition) is 1. The van der Waals surface area contributed by atoms with Gasteiger partial charge in [0.15, 0.2) is 0 Å². The smallest absolute Gasteiger partial charge is 0.0471 e. The highest BCUT2D eigenvalue weighted by Gasteiger charge is 1.91. The highest BCUT2D eigenvalue weighted by molar-refractivity contribution is 5.69. The molecule has 0 radical (unpaired) electrons. The molecule has 2 aromatic carbocycles. The zero-order valence-corrected chi connectivity index (χ0v) is 9.71. The van der Waals surface area contributed by atoms with Crippen LogP contribution in [0, 0.1) is 0 Å². The molecule has 2 rings (SSSR count). The molecule has 0 aliphatic rings. The van der Waals surface area contributed by atoms with Crippen molar-refractivity contribution in [3.8, 4) is 0 Å². The molecule has 0 saturated carbocycles. The molecule has 0 atom stereocenters. The Morgan fingerprint density at radius 2 is 1.35 bits per heavy atom. The van der Waals surface area contributed by atoms with Gasteiger partial charge in [0, 0.05) is 6.61 Å². The summed E-state index contributed by atoms with van der Waals surface area (Å²) in [5.41, 5.74) is 3.55. The molecule has 0 unspecified atom stereocenters. The summed E-state index contributed by atoms with van der Waals surface area (Å²) in [7, 11) is 0. The van der Waals surface area contributed by atoms with Crippen LogP contribution in [0.25, 0.3) is 12.2 Å². The number of rotatable bonds is 4. The lowest BCUT2D eigenvalue weighted by Gasteiger charge is -1.99. The molecule has 0 aliphatic carbocycles. The first-order valence-electron chi connectivity index (χ1n) is 5.81. The first-order valence-corrected chi connectivity index (χ1v) is 5.81. The normalized spacial score (nSPS) is 10.9. The zero-order chi connectivity index (χ0) is 11.9. The molecule has 0 heterocycles. The van der Waals surface area contributed by atoms with E-state index in [1.54, 1.807) is 0 Å². The lowest BCUT2D eigenvalue weighted by Crippen LogP contribution is -1.89. The van der Waals surface area contributed by atoms with Gasteiger partial charge in [-0.05, 0) is 23.1 Å². The van der Waals surface area contributed by atoms with Crippen molar-refractivity contribution in [2.24, 2.45) is 0 Å². The van der Waals surface area contributed by atoms with E-state index in [-0.39, 0.29) is 6.61 Å². The van der Waals surface area contributed by atoms with Gasteiger partial charge in [-0.3, -0.25) is 0 Å². The maximum absolute atomic E-state index is 8.83. The quantitative estimate of drug-likeness (QED) is 0.789. The van der Waals surface area contributed by atoms with E-state index in [1.165, 1.54) is 16.7 Å². The van der Waals surface area contributed by atoms with Crippen LogP contribution in [-0.4, -0.2) is 11.7 Å².